The second-order valence-corrected chi connectivity index (χ2v) is 14.0. The van der Waals surface area contributed by atoms with Gasteiger partial charge in [-0.15, -0.1) is 0 Å². The molecule has 6 nitrogen and oxygen atoms in total. The molecule has 47 heavy (non-hydrogen) atoms. The number of aliphatic hydroxyl groups is 4. The number of unbranched alkanes of at least 4 members (excludes halogenated alkanes) is 23. The van der Waals surface area contributed by atoms with E-state index >= 15 is 0 Å². The fourth-order valence-electron chi connectivity index (χ4n) is 6.21. The molecule has 0 bridgehead atoms. The lowest BCUT2D eigenvalue weighted by Gasteiger charge is -2.27. The Morgan fingerprint density at radius 1 is 0.553 bits per heavy atom. The van der Waals surface area contributed by atoms with Crippen molar-refractivity contribution < 1.29 is 25.2 Å². The van der Waals surface area contributed by atoms with Gasteiger partial charge < -0.3 is 25.7 Å². The van der Waals surface area contributed by atoms with Crippen molar-refractivity contribution in [1.82, 2.24) is 5.32 Å². The molecule has 0 fully saturated rings. The fraction of sp³-hybridized carbons (Fsp3) is 0.878. The summed E-state index contributed by atoms with van der Waals surface area (Å²) in [5.41, 5.74) is 0. The Hall–Kier alpha value is -1.21. The van der Waals surface area contributed by atoms with Crippen LogP contribution in [0.15, 0.2) is 24.3 Å². The van der Waals surface area contributed by atoms with Crippen LogP contribution in [0.2, 0.25) is 0 Å². The summed E-state index contributed by atoms with van der Waals surface area (Å²) in [7, 11) is 0. The minimum absolute atomic E-state index is 0.369. The molecule has 0 aliphatic carbocycles. The number of hydrogen-bond acceptors (Lipinski definition) is 5. The summed E-state index contributed by atoms with van der Waals surface area (Å²) in [4.78, 5) is 12.5. The largest absolute Gasteiger partial charge is 0.394 e. The Morgan fingerprint density at radius 3 is 1.45 bits per heavy atom. The minimum Gasteiger partial charge on any atom is -0.394 e. The van der Waals surface area contributed by atoms with Crippen LogP contribution in [0.3, 0.4) is 0 Å². The van der Waals surface area contributed by atoms with Crippen LogP contribution in [0.4, 0.5) is 0 Å². The van der Waals surface area contributed by atoms with E-state index in [-0.39, 0.29) is 0 Å². The summed E-state index contributed by atoms with van der Waals surface area (Å²) in [6.07, 6.45) is 39.2. The predicted molar refractivity (Wildman–Crippen MR) is 201 cm³/mol. The number of carbonyl (C=O) groups is 1. The molecule has 0 spiro atoms. The van der Waals surface area contributed by atoms with Crippen molar-refractivity contribution in [2.24, 2.45) is 0 Å². The van der Waals surface area contributed by atoms with E-state index in [0.29, 0.717) is 12.8 Å². The predicted octanol–water partition coefficient (Wildman–Crippen LogP) is 10.0. The molecule has 5 N–H and O–H groups in total. The first-order chi connectivity index (χ1) is 23.0. The molecular formula is C41H79NO5. The Morgan fingerprint density at radius 2 is 0.979 bits per heavy atom. The third-order valence-corrected chi connectivity index (χ3v) is 9.43. The monoisotopic (exact) mass is 666 g/mol. The van der Waals surface area contributed by atoms with Crippen molar-refractivity contribution in [3.63, 3.8) is 0 Å². The zero-order valence-electron chi connectivity index (χ0n) is 31.0. The van der Waals surface area contributed by atoms with Crippen molar-refractivity contribution in [1.29, 1.82) is 0 Å². The third kappa shape index (κ3) is 30.6. The van der Waals surface area contributed by atoms with E-state index in [2.05, 4.69) is 43.5 Å². The molecule has 6 heteroatoms. The molecule has 0 aromatic heterocycles. The summed E-state index contributed by atoms with van der Waals surface area (Å²) in [6.45, 7) is 3.93. The number of rotatable bonds is 36. The third-order valence-electron chi connectivity index (χ3n) is 9.43. The lowest BCUT2D eigenvalue weighted by Crippen LogP contribution is -2.53. The van der Waals surface area contributed by atoms with Crippen LogP contribution in [0.1, 0.15) is 200 Å². The Kier molecular flexibility index (Phi) is 35.2. The summed E-state index contributed by atoms with van der Waals surface area (Å²) in [5.74, 6) is -0.586. The van der Waals surface area contributed by atoms with Crippen LogP contribution >= 0.6 is 0 Å². The molecule has 0 aliphatic rings. The van der Waals surface area contributed by atoms with Gasteiger partial charge in [-0.3, -0.25) is 4.79 Å². The van der Waals surface area contributed by atoms with Gasteiger partial charge in [0, 0.05) is 0 Å². The molecule has 0 aliphatic heterocycles. The minimum atomic E-state index is -1.25. The van der Waals surface area contributed by atoms with Gasteiger partial charge in [-0.2, -0.15) is 0 Å². The fourth-order valence-corrected chi connectivity index (χ4v) is 6.21. The normalized spacial score (nSPS) is 14.6. The van der Waals surface area contributed by atoms with Crippen molar-refractivity contribution in [3.05, 3.63) is 24.3 Å². The highest BCUT2D eigenvalue weighted by molar-refractivity contribution is 5.80. The molecule has 0 heterocycles. The molecule has 0 aromatic rings. The van der Waals surface area contributed by atoms with Crippen LogP contribution in [0.5, 0.6) is 0 Å². The summed E-state index contributed by atoms with van der Waals surface area (Å²) in [6, 6.07) is -0.981. The molecule has 0 rings (SSSR count). The zero-order chi connectivity index (χ0) is 34.6. The van der Waals surface area contributed by atoms with E-state index in [1.165, 1.54) is 122 Å². The summed E-state index contributed by atoms with van der Waals surface area (Å²) < 4.78 is 0. The SMILES string of the molecule is CC/C=C\C/C=C\CCCCCCCCCCCCCCCC(O)C(=O)NC(CO)C(O)C(O)CCCCCCCCCCCCC. The average molecular weight is 666 g/mol. The summed E-state index contributed by atoms with van der Waals surface area (Å²) >= 11 is 0. The highest BCUT2D eigenvalue weighted by Gasteiger charge is 2.28. The first-order valence-electron chi connectivity index (χ1n) is 20.2. The molecule has 4 unspecified atom stereocenters. The van der Waals surface area contributed by atoms with Gasteiger partial charge in [0.1, 0.15) is 12.2 Å². The number of amides is 1. The Balaban J connectivity index is 3.72. The number of aliphatic hydroxyl groups excluding tert-OH is 4. The van der Waals surface area contributed by atoms with Crippen LogP contribution < -0.4 is 5.32 Å². The van der Waals surface area contributed by atoms with Gasteiger partial charge in [0.25, 0.3) is 0 Å². The van der Waals surface area contributed by atoms with Crippen molar-refractivity contribution >= 4 is 5.91 Å². The van der Waals surface area contributed by atoms with Crippen LogP contribution in [0.25, 0.3) is 0 Å². The quantitative estimate of drug-likeness (QED) is 0.0338. The first-order valence-corrected chi connectivity index (χ1v) is 20.2. The topological polar surface area (TPSA) is 110 Å². The van der Waals surface area contributed by atoms with Gasteiger partial charge in [0.05, 0.1) is 18.8 Å². The molecule has 0 saturated heterocycles. The maximum atomic E-state index is 12.5. The second-order valence-electron chi connectivity index (χ2n) is 14.0. The highest BCUT2D eigenvalue weighted by atomic mass is 16.3. The standard InChI is InChI=1S/C41H79NO5/c1-3-5-7-9-11-13-15-16-17-18-19-20-21-22-23-25-27-29-31-33-35-39(45)41(47)42-37(36-43)40(46)38(44)34-32-30-28-26-24-14-12-10-8-6-4-2/h5,7,11,13,37-40,43-46H,3-4,6,8-10,12,14-36H2,1-2H3,(H,42,47)/b7-5-,13-11-. The van der Waals surface area contributed by atoms with E-state index in [1.54, 1.807) is 0 Å². The highest BCUT2D eigenvalue weighted by Crippen LogP contribution is 2.16. The first kappa shape index (κ1) is 45.8. The van der Waals surface area contributed by atoms with E-state index < -0.39 is 36.9 Å². The molecule has 1 amide bonds. The maximum absolute atomic E-state index is 12.5. The number of carbonyl (C=O) groups excluding carboxylic acids is 1. The molecule has 0 aromatic carbocycles. The van der Waals surface area contributed by atoms with Gasteiger partial charge in [-0.1, -0.05) is 186 Å². The van der Waals surface area contributed by atoms with Crippen molar-refractivity contribution in [2.45, 2.75) is 224 Å². The Bertz CT molecular complexity index is 712. The number of hydrogen-bond donors (Lipinski definition) is 5. The summed E-state index contributed by atoms with van der Waals surface area (Å²) in [5, 5.41) is 43.5. The smallest absolute Gasteiger partial charge is 0.249 e. The van der Waals surface area contributed by atoms with Gasteiger partial charge in [-0.25, -0.2) is 0 Å². The Labute approximate surface area is 291 Å². The van der Waals surface area contributed by atoms with Crippen LogP contribution in [-0.2, 0) is 4.79 Å². The molecular weight excluding hydrogens is 586 g/mol. The van der Waals surface area contributed by atoms with Crippen LogP contribution in [0, 0.1) is 0 Å². The molecule has 0 radical (unpaired) electrons. The van der Waals surface area contributed by atoms with Gasteiger partial charge in [-0.05, 0) is 38.5 Å². The van der Waals surface area contributed by atoms with Crippen molar-refractivity contribution in [3.8, 4) is 0 Å². The van der Waals surface area contributed by atoms with E-state index in [0.717, 1.165) is 51.4 Å². The van der Waals surface area contributed by atoms with Gasteiger partial charge in [0.15, 0.2) is 0 Å². The van der Waals surface area contributed by atoms with Crippen LogP contribution in [-0.4, -0.2) is 57.3 Å². The maximum Gasteiger partial charge on any atom is 0.249 e. The number of allylic oxidation sites excluding steroid dienone is 4. The molecule has 278 valence electrons. The van der Waals surface area contributed by atoms with Crippen molar-refractivity contribution in [2.75, 3.05) is 6.61 Å². The lowest BCUT2D eigenvalue weighted by molar-refractivity contribution is -0.132. The lowest BCUT2D eigenvalue weighted by atomic mass is 9.99. The van der Waals surface area contributed by atoms with Gasteiger partial charge in [0.2, 0.25) is 5.91 Å². The van der Waals surface area contributed by atoms with E-state index in [1.807, 2.05) is 0 Å². The second kappa shape index (κ2) is 36.1. The average Bonchev–Trinajstić information content (AvgIpc) is 3.07. The molecule has 4 atom stereocenters. The zero-order valence-corrected chi connectivity index (χ0v) is 31.0. The molecule has 0 saturated carbocycles. The van der Waals surface area contributed by atoms with E-state index in [4.69, 9.17) is 0 Å². The van der Waals surface area contributed by atoms with E-state index in [9.17, 15) is 25.2 Å². The van der Waals surface area contributed by atoms with Gasteiger partial charge >= 0.3 is 0 Å². The number of nitrogens with one attached hydrogen (secondary N) is 1.